The van der Waals surface area contributed by atoms with Gasteiger partial charge in [-0.3, -0.25) is 19.6 Å². The summed E-state index contributed by atoms with van der Waals surface area (Å²) < 4.78 is 0.798. The third-order valence-electron chi connectivity index (χ3n) is 3.90. The van der Waals surface area contributed by atoms with Crippen molar-refractivity contribution >= 4 is 44.5 Å². The first-order valence-electron chi connectivity index (χ1n) is 8.04. The number of carbonyl (C=O) groups excluding carboxylic acids is 1. The molecule has 1 aromatic heterocycles. The molecule has 0 saturated heterocycles. The van der Waals surface area contributed by atoms with Crippen LogP contribution in [0.2, 0.25) is 0 Å². The highest BCUT2D eigenvalue weighted by Gasteiger charge is 2.09. The number of carbonyl (C=O) groups is 1. The number of rotatable bonds is 5. The number of aromatic nitrogens is 1. The molecule has 3 rings (SSSR count). The predicted octanol–water partition coefficient (Wildman–Crippen LogP) is 3.74. The molecule has 0 aliphatic rings. The molecule has 136 valence electrons. The molecule has 0 aliphatic carbocycles. The quantitative estimate of drug-likeness (QED) is 0.429. The van der Waals surface area contributed by atoms with Gasteiger partial charge in [0, 0.05) is 27.1 Å². The summed E-state index contributed by atoms with van der Waals surface area (Å²) in [6.45, 7) is 3.79. The van der Waals surface area contributed by atoms with E-state index in [-0.39, 0.29) is 17.3 Å². The van der Waals surface area contributed by atoms with E-state index in [0.29, 0.717) is 28.6 Å². The van der Waals surface area contributed by atoms with E-state index in [0.717, 1.165) is 10.0 Å². The lowest BCUT2D eigenvalue weighted by Crippen LogP contribution is -2.08. The number of aliphatic imine (C=N–C) groups is 1. The molecular weight excluding hydrogens is 410 g/mol. The maximum absolute atomic E-state index is 12.0. The van der Waals surface area contributed by atoms with Crippen molar-refractivity contribution in [3.05, 3.63) is 81.1 Å². The number of aromatic amines is 1. The maximum Gasteiger partial charge on any atom is 0.258 e. The summed E-state index contributed by atoms with van der Waals surface area (Å²) in [5, 5.41) is 13.9. The number of nitrogens with zero attached hydrogens (tertiary/aromatic N) is 1. The molecule has 0 radical (unpaired) electrons. The number of anilines is 1. The zero-order chi connectivity index (χ0) is 19.4. The van der Waals surface area contributed by atoms with Gasteiger partial charge >= 0.3 is 0 Å². The third-order valence-corrected chi connectivity index (χ3v) is 4.40. The van der Waals surface area contributed by atoms with E-state index in [2.05, 4.69) is 37.8 Å². The molecule has 0 saturated carbocycles. The minimum atomic E-state index is -0.357. The van der Waals surface area contributed by atoms with Gasteiger partial charge in [0.15, 0.2) is 0 Å². The summed E-state index contributed by atoms with van der Waals surface area (Å²) in [7, 11) is 0. The summed E-state index contributed by atoms with van der Waals surface area (Å²) in [6.07, 6.45) is 2.74. The molecule has 3 aromatic rings. The molecular formula is C20H16BrN3O3. The van der Waals surface area contributed by atoms with Crippen LogP contribution in [0.1, 0.15) is 11.1 Å². The number of aromatic hydroxyl groups is 1. The van der Waals surface area contributed by atoms with Gasteiger partial charge in [0.2, 0.25) is 11.8 Å². The highest BCUT2D eigenvalue weighted by atomic mass is 79.9. The molecule has 6 nitrogen and oxygen atoms in total. The number of hydrogen-bond acceptors (Lipinski definition) is 4. The number of H-pyrrole nitrogens is 1. The molecule has 2 aromatic carbocycles. The highest BCUT2D eigenvalue weighted by Crippen LogP contribution is 2.24. The highest BCUT2D eigenvalue weighted by molar-refractivity contribution is 9.10. The lowest BCUT2D eigenvalue weighted by Gasteiger charge is -2.05. The van der Waals surface area contributed by atoms with Crippen LogP contribution in [0.5, 0.6) is 5.88 Å². The minimum absolute atomic E-state index is 0.225. The van der Waals surface area contributed by atoms with Gasteiger partial charge in [0.1, 0.15) is 0 Å². The Balaban J connectivity index is 1.82. The molecule has 0 spiro atoms. The number of hydrogen-bond donors (Lipinski definition) is 3. The van der Waals surface area contributed by atoms with Crippen molar-refractivity contribution in [2.45, 2.75) is 6.54 Å². The van der Waals surface area contributed by atoms with Crippen LogP contribution in [-0.2, 0) is 11.3 Å². The van der Waals surface area contributed by atoms with Crippen LogP contribution in [-0.4, -0.2) is 22.2 Å². The molecule has 0 fully saturated rings. The summed E-state index contributed by atoms with van der Waals surface area (Å²) in [5.74, 6) is -0.496. The van der Waals surface area contributed by atoms with Crippen molar-refractivity contribution in [2.24, 2.45) is 4.99 Å². The average molecular weight is 426 g/mol. The van der Waals surface area contributed by atoms with Gasteiger partial charge in [0.05, 0.1) is 12.1 Å². The fourth-order valence-corrected chi connectivity index (χ4v) is 2.93. The number of nitrogens with one attached hydrogen (secondary N) is 2. The van der Waals surface area contributed by atoms with Gasteiger partial charge < -0.3 is 10.4 Å². The second-order valence-electron chi connectivity index (χ2n) is 5.77. The Kier molecular flexibility index (Phi) is 5.52. The lowest BCUT2D eigenvalue weighted by atomic mass is 10.1. The van der Waals surface area contributed by atoms with Gasteiger partial charge in [0.25, 0.3) is 5.56 Å². The molecule has 0 aliphatic heterocycles. The van der Waals surface area contributed by atoms with E-state index < -0.39 is 0 Å². The number of pyridine rings is 1. The number of fused-ring (bicyclic) bond motifs is 1. The van der Waals surface area contributed by atoms with Crippen LogP contribution in [0.25, 0.3) is 10.8 Å². The van der Waals surface area contributed by atoms with E-state index in [1.54, 1.807) is 30.3 Å². The second-order valence-corrected chi connectivity index (χ2v) is 6.68. The number of amides is 1. The van der Waals surface area contributed by atoms with E-state index >= 15 is 0 Å². The second kappa shape index (κ2) is 8.01. The molecule has 3 N–H and O–H groups in total. The normalized spacial score (nSPS) is 11.0. The summed E-state index contributed by atoms with van der Waals surface area (Å²) in [4.78, 5) is 30.0. The monoisotopic (exact) mass is 425 g/mol. The first kappa shape index (κ1) is 18.6. The van der Waals surface area contributed by atoms with Crippen molar-refractivity contribution < 1.29 is 9.90 Å². The zero-order valence-electron chi connectivity index (χ0n) is 14.2. The minimum Gasteiger partial charge on any atom is -0.494 e. The van der Waals surface area contributed by atoms with Crippen molar-refractivity contribution in [1.82, 2.24) is 4.98 Å². The first-order chi connectivity index (χ1) is 13.0. The molecule has 0 unspecified atom stereocenters. The Morgan fingerprint density at radius 1 is 1.22 bits per heavy atom. The average Bonchev–Trinajstić information content (AvgIpc) is 2.65. The van der Waals surface area contributed by atoms with Crippen molar-refractivity contribution in [2.75, 3.05) is 5.32 Å². The van der Waals surface area contributed by atoms with Crippen LogP contribution in [0.4, 0.5) is 5.69 Å². The Bertz CT molecular complexity index is 1100. The van der Waals surface area contributed by atoms with E-state index in [9.17, 15) is 14.7 Å². The largest absolute Gasteiger partial charge is 0.494 e. The van der Waals surface area contributed by atoms with E-state index in [1.165, 1.54) is 12.3 Å². The van der Waals surface area contributed by atoms with Crippen LogP contribution in [0.15, 0.2) is 69.4 Å². The standard InChI is InChI=1S/C20H16BrN3O3/c1-2-18(25)23-14-6-3-12(4-7-14)10-22-11-17-16-9-13(21)5-8-15(16)19(26)24-20(17)27/h2-9,11H,1,10H2,(H,23,25)(H2,24,26,27). The van der Waals surface area contributed by atoms with Crippen molar-refractivity contribution in [1.29, 1.82) is 0 Å². The molecule has 1 amide bonds. The van der Waals surface area contributed by atoms with Gasteiger partial charge in [-0.2, -0.15) is 0 Å². The maximum atomic E-state index is 12.0. The molecule has 0 bridgehead atoms. The fourth-order valence-electron chi connectivity index (χ4n) is 2.57. The zero-order valence-corrected chi connectivity index (χ0v) is 15.8. The fraction of sp³-hybridized carbons (Fsp3) is 0.0500. The molecule has 0 atom stereocenters. The smallest absolute Gasteiger partial charge is 0.258 e. The third kappa shape index (κ3) is 4.32. The van der Waals surface area contributed by atoms with Crippen LogP contribution in [0.3, 0.4) is 0 Å². The van der Waals surface area contributed by atoms with Crippen LogP contribution < -0.4 is 10.9 Å². The van der Waals surface area contributed by atoms with Gasteiger partial charge in [-0.25, -0.2) is 0 Å². The Morgan fingerprint density at radius 3 is 2.67 bits per heavy atom. The molecule has 7 heteroatoms. The number of halogens is 1. The van der Waals surface area contributed by atoms with E-state index in [4.69, 9.17) is 0 Å². The van der Waals surface area contributed by atoms with Crippen LogP contribution in [0, 0.1) is 0 Å². The first-order valence-corrected chi connectivity index (χ1v) is 8.84. The number of benzene rings is 2. The lowest BCUT2D eigenvalue weighted by molar-refractivity contribution is -0.111. The van der Waals surface area contributed by atoms with E-state index in [1.807, 2.05) is 12.1 Å². The summed E-state index contributed by atoms with van der Waals surface area (Å²) >= 11 is 3.38. The van der Waals surface area contributed by atoms with Crippen LogP contribution >= 0.6 is 15.9 Å². The van der Waals surface area contributed by atoms with Crippen molar-refractivity contribution in [3.8, 4) is 5.88 Å². The van der Waals surface area contributed by atoms with Crippen molar-refractivity contribution in [3.63, 3.8) is 0 Å². The Labute approximate surface area is 163 Å². The van der Waals surface area contributed by atoms with Gasteiger partial charge in [-0.1, -0.05) is 34.6 Å². The molecule has 27 heavy (non-hydrogen) atoms. The predicted molar refractivity (Wildman–Crippen MR) is 111 cm³/mol. The summed E-state index contributed by atoms with van der Waals surface area (Å²) in [5.41, 5.74) is 1.68. The SMILES string of the molecule is C=CC(=O)Nc1ccc(CN=Cc2c(O)[nH]c(=O)c3ccc(Br)cc23)cc1. The Hall–Kier alpha value is -3.19. The summed E-state index contributed by atoms with van der Waals surface area (Å²) in [6, 6.07) is 12.5. The van der Waals surface area contributed by atoms with Gasteiger partial charge in [-0.05, 0) is 42.0 Å². The Morgan fingerprint density at radius 2 is 1.96 bits per heavy atom. The van der Waals surface area contributed by atoms with Gasteiger partial charge in [-0.15, -0.1) is 0 Å². The topological polar surface area (TPSA) is 94.5 Å². The molecule has 1 heterocycles.